The molecule has 2 aromatic rings. The van der Waals surface area contributed by atoms with Crippen LogP contribution in [-0.2, 0) is 27.4 Å². The zero-order valence-electron chi connectivity index (χ0n) is 24.3. The van der Waals surface area contributed by atoms with E-state index in [1.807, 2.05) is 12.1 Å². The first kappa shape index (κ1) is 31.3. The van der Waals surface area contributed by atoms with Gasteiger partial charge in [-0.15, -0.1) is 0 Å². The van der Waals surface area contributed by atoms with E-state index in [9.17, 15) is 0 Å². The second-order valence-corrected chi connectivity index (χ2v) is 10.9. The van der Waals surface area contributed by atoms with Crippen LogP contribution in [-0.4, -0.2) is 49.5 Å². The molecule has 0 bridgehead atoms. The third kappa shape index (κ3) is 11.4. The Morgan fingerprint density at radius 2 is 1.33 bits per heavy atom. The van der Waals surface area contributed by atoms with Gasteiger partial charge in [0.15, 0.2) is 0 Å². The van der Waals surface area contributed by atoms with Crippen LogP contribution in [0.5, 0.6) is 0 Å². The van der Waals surface area contributed by atoms with Gasteiger partial charge in [0.2, 0.25) is 0 Å². The van der Waals surface area contributed by atoms with E-state index < -0.39 is 0 Å². The predicted octanol–water partition coefficient (Wildman–Crippen LogP) is 7.69. The summed E-state index contributed by atoms with van der Waals surface area (Å²) in [5.41, 5.74) is 2.38. The average molecular weight is 535 g/mol. The summed E-state index contributed by atoms with van der Waals surface area (Å²) in [6.07, 6.45) is 12.0. The Labute approximate surface area is 237 Å². The number of benzene rings is 2. The molecular formula is C34H50N2O3. The van der Waals surface area contributed by atoms with Crippen molar-refractivity contribution >= 4 is 0 Å². The molecule has 39 heavy (non-hydrogen) atoms. The molecular weight excluding hydrogens is 484 g/mol. The van der Waals surface area contributed by atoms with E-state index >= 15 is 0 Å². The van der Waals surface area contributed by atoms with Gasteiger partial charge in [-0.05, 0) is 44.0 Å². The summed E-state index contributed by atoms with van der Waals surface area (Å²) in [4.78, 5) is 2.45. The topological polar surface area (TPSA) is 54.7 Å². The maximum atomic E-state index is 8.82. The van der Waals surface area contributed by atoms with E-state index in [4.69, 9.17) is 19.5 Å². The third-order valence-corrected chi connectivity index (χ3v) is 7.78. The van der Waals surface area contributed by atoms with Crippen LogP contribution in [0.3, 0.4) is 0 Å². The first-order valence-corrected chi connectivity index (χ1v) is 15.2. The average Bonchev–Trinajstić information content (AvgIpc) is 3.32. The molecule has 5 heteroatoms. The second-order valence-electron chi connectivity index (χ2n) is 10.9. The Morgan fingerprint density at radius 3 is 1.97 bits per heavy atom. The SMILES string of the molecule is CCCCCCCO[C@H]1[C@H](N(C)CCCCCCC#N)[C@@H](OCc2ccccc2)C[C@H]1OCc1ccccc1. The molecule has 214 valence electrons. The van der Waals surface area contributed by atoms with E-state index in [1.165, 1.54) is 36.8 Å². The van der Waals surface area contributed by atoms with E-state index in [-0.39, 0.29) is 24.4 Å². The standard InChI is InChI=1S/C34H50N2O3/c1-3-4-5-9-18-25-37-34-32(39-28-30-21-14-11-15-22-30)26-31(38-27-29-19-12-10-13-20-29)33(34)36(2)24-17-8-6-7-16-23-35/h10-15,19-22,31-34H,3-9,16-18,24-28H2,1-2H3/t31-,32+,33+,34+/m0/s1. The lowest BCUT2D eigenvalue weighted by atomic mass is 10.1. The van der Waals surface area contributed by atoms with E-state index in [0.717, 1.165) is 51.7 Å². The van der Waals surface area contributed by atoms with Crippen LogP contribution in [0.1, 0.15) is 88.7 Å². The zero-order chi connectivity index (χ0) is 27.5. The third-order valence-electron chi connectivity index (χ3n) is 7.78. The molecule has 1 fully saturated rings. The molecule has 1 aliphatic rings. The molecule has 1 aliphatic carbocycles. The van der Waals surface area contributed by atoms with Crippen molar-refractivity contribution in [3.8, 4) is 6.07 Å². The zero-order valence-corrected chi connectivity index (χ0v) is 24.3. The number of nitriles is 1. The molecule has 4 atom stereocenters. The first-order valence-electron chi connectivity index (χ1n) is 15.2. The first-order chi connectivity index (χ1) is 19.2. The van der Waals surface area contributed by atoms with Crippen molar-refractivity contribution in [1.82, 2.24) is 4.90 Å². The Kier molecular flexibility index (Phi) is 15.2. The molecule has 0 unspecified atom stereocenters. The van der Waals surface area contributed by atoms with Crippen LogP contribution in [0.2, 0.25) is 0 Å². The molecule has 0 radical (unpaired) electrons. The molecule has 0 heterocycles. The van der Waals surface area contributed by atoms with Crippen molar-refractivity contribution in [2.45, 2.75) is 115 Å². The van der Waals surface area contributed by atoms with Gasteiger partial charge < -0.3 is 14.2 Å². The summed E-state index contributed by atoms with van der Waals surface area (Å²) in [6, 6.07) is 23.3. The van der Waals surface area contributed by atoms with Crippen molar-refractivity contribution in [2.75, 3.05) is 20.2 Å². The molecule has 0 spiro atoms. The fraction of sp³-hybridized carbons (Fsp3) is 0.618. The van der Waals surface area contributed by atoms with Crippen molar-refractivity contribution in [1.29, 1.82) is 5.26 Å². The molecule has 3 rings (SSSR count). The van der Waals surface area contributed by atoms with E-state index in [1.54, 1.807) is 0 Å². The summed E-state index contributed by atoms with van der Waals surface area (Å²) in [7, 11) is 2.22. The lowest BCUT2D eigenvalue weighted by Gasteiger charge is -2.34. The summed E-state index contributed by atoms with van der Waals surface area (Å²) in [5.74, 6) is 0. The van der Waals surface area contributed by atoms with Gasteiger partial charge in [0, 0.05) is 19.4 Å². The van der Waals surface area contributed by atoms with Crippen LogP contribution in [0.25, 0.3) is 0 Å². The van der Waals surface area contributed by atoms with Gasteiger partial charge in [0.25, 0.3) is 0 Å². The number of hydrogen-bond donors (Lipinski definition) is 0. The van der Waals surface area contributed by atoms with Crippen LogP contribution in [0.4, 0.5) is 0 Å². The largest absolute Gasteiger partial charge is 0.374 e. The maximum Gasteiger partial charge on any atom is 0.102 e. The second kappa shape index (κ2) is 19.0. The summed E-state index contributed by atoms with van der Waals surface area (Å²) in [6.45, 7) is 5.19. The predicted molar refractivity (Wildman–Crippen MR) is 158 cm³/mol. The Balaban J connectivity index is 1.68. The van der Waals surface area contributed by atoms with Gasteiger partial charge in [-0.2, -0.15) is 5.26 Å². The number of likely N-dealkylation sites (N-methyl/N-ethyl adjacent to an activating group) is 1. The lowest BCUT2D eigenvalue weighted by molar-refractivity contribution is -0.0898. The smallest absolute Gasteiger partial charge is 0.102 e. The minimum Gasteiger partial charge on any atom is -0.374 e. The maximum absolute atomic E-state index is 8.82. The van der Waals surface area contributed by atoms with Crippen LogP contribution in [0, 0.1) is 11.3 Å². The van der Waals surface area contributed by atoms with Gasteiger partial charge >= 0.3 is 0 Å². The molecule has 0 saturated heterocycles. The molecule has 0 aromatic heterocycles. The molecule has 0 N–H and O–H groups in total. The molecule has 1 saturated carbocycles. The highest BCUT2D eigenvalue weighted by molar-refractivity contribution is 5.15. The fourth-order valence-corrected chi connectivity index (χ4v) is 5.55. The number of rotatable bonds is 20. The van der Waals surface area contributed by atoms with E-state index in [2.05, 4.69) is 73.5 Å². The highest BCUT2D eigenvalue weighted by Crippen LogP contribution is 2.33. The van der Waals surface area contributed by atoms with Crippen molar-refractivity contribution < 1.29 is 14.2 Å². The van der Waals surface area contributed by atoms with E-state index in [0.29, 0.717) is 19.6 Å². The van der Waals surface area contributed by atoms with Crippen molar-refractivity contribution in [3.63, 3.8) is 0 Å². The van der Waals surface area contributed by atoms with Gasteiger partial charge in [0.1, 0.15) is 6.10 Å². The van der Waals surface area contributed by atoms with Crippen molar-refractivity contribution in [3.05, 3.63) is 71.8 Å². The monoisotopic (exact) mass is 534 g/mol. The highest BCUT2D eigenvalue weighted by Gasteiger charge is 2.47. The molecule has 0 amide bonds. The molecule has 0 aliphatic heterocycles. The molecule has 5 nitrogen and oxygen atoms in total. The Hall–Kier alpha value is -2.23. The van der Waals surface area contributed by atoms with Crippen LogP contribution in [0.15, 0.2) is 60.7 Å². The number of unbranched alkanes of at least 4 members (excludes halogenated alkanes) is 8. The molecule has 2 aromatic carbocycles. The minimum absolute atomic E-state index is 0.00954. The van der Waals surface area contributed by atoms with Gasteiger partial charge in [-0.1, -0.05) is 106 Å². The summed E-state index contributed by atoms with van der Waals surface area (Å²) >= 11 is 0. The Bertz CT molecular complexity index is 917. The van der Waals surface area contributed by atoms with Gasteiger partial charge in [0.05, 0.1) is 37.5 Å². The number of ether oxygens (including phenoxy) is 3. The van der Waals surface area contributed by atoms with Crippen LogP contribution < -0.4 is 0 Å². The Morgan fingerprint density at radius 1 is 0.744 bits per heavy atom. The minimum atomic E-state index is -0.0238. The normalized spacial score (nSPS) is 20.9. The van der Waals surface area contributed by atoms with Crippen molar-refractivity contribution in [2.24, 2.45) is 0 Å². The fourth-order valence-electron chi connectivity index (χ4n) is 5.55. The number of hydrogen-bond acceptors (Lipinski definition) is 5. The summed E-state index contributed by atoms with van der Waals surface area (Å²) in [5, 5.41) is 8.82. The van der Waals surface area contributed by atoms with Crippen LogP contribution >= 0.6 is 0 Å². The van der Waals surface area contributed by atoms with Gasteiger partial charge in [-0.3, -0.25) is 4.90 Å². The quantitative estimate of drug-likeness (QED) is 0.163. The number of nitrogens with zero attached hydrogens (tertiary/aromatic N) is 2. The van der Waals surface area contributed by atoms with Gasteiger partial charge in [-0.25, -0.2) is 0 Å². The lowest BCUT2D eigenvalue weighted by Crippen LogP contribution is -2.48. The highest BCUT2D eigenvalue weighted by atomic mass is 16.6. The summed E-state index contributed by atoms with van der Waals surface area (Å²) < 4.78 is 19.9.